The number of piperidine rings is 1. The minimum atomic E-state index is -0.0562. The van der Waals surface area contributed by atoms with Crippen LogP contribution in [-0.2, 0) is 11.3 Å². The maximum atomic E-state index is 12.5. The lowest BCUT2D eigenvalue weighted by Crippen LogP contribution is -2.46. The van der Waals surface area contributed by atoms with Crippen molar-refractivity contribution < 1.29 is 9.53 Å². The van der Waals surface area contributed by atoms with Gasteiger partial charge in [-0.1, -0.05) is 29.8 Å². The van der Waals surface area contributed by atoms with Gasteiger partial charge in [-0.2, -0.15) is 0 Å². The lowest BCUT2D eigenvalue weighted by molar-refractivity contribution is 0.00421. The van der Waals surface area contributed by atoms with Gasteiger partial charge in [0.2, 0.25) is 0 Å². The maximum Gasteiger partial charge on any atom is 0.317 e. The second kappa shape index (κ2) is 9.01. The molecule has 1 aliphatic heterocycles. The van der Waals surface area contributed by atoms with Crippen LogP contribution in [0.25, 0.3) is 0 Å². The number of amides is 2. The number of nitrogens with zero attached hydrogens (tertiary/aromatic N) is 2. The van der Waals surface area contributed by atoms with Gasteiger partial charge >= 0.3 is 6.03 Å². The Morgan fingerprint density at radius 2 is 2.04 bits per heavy atom. The lowest BCUT2D eigenvalue weighted by atomic mass is 10.1. The number of likely N-dealkylation sites (tertiary alicyclic amines) is 1. The van der Waals surface area contributed by atoms with E-state index in [1.807, 2.05) is 54.4 Å². The van der Waals surface area contributed by atoms with E-state index in [9.17, 15) is 4.79 Å². The molecule has 1 unspecified atom stereocenters. The molecule has 1 aromatic carbocycles. The average Bonchev–Trinajstić information content (AvgIpc) is 2.68. The molecular formula is C20H24ClN3O2. The molecule has 6 heteroatoms. The van der Waals surface area contributed by atoms with Gasteiger partial charge in [0.15, 0.2) is 0 Å². The quantitative estimate of drug-likeness (QED) is 0.855. The number of aromatic nitrogens is 1. The molecule has 1 saturated heterocycles. The first-order chi connectivity index (χ1) is 12.6. The highest BCUT2D eigenvalue weighted by atomic mass is 35.5. The van der Waals surface area contributed by atoms with Gasteiger partial charge in [0.25, 0.3) is 0 Å². The summed E-state index contributed by atoms with van der Waals surface area (Å²) in [4.78, 5) is 18.4. The molecule has 0 spiro atoms. The number of benzene rings is 1. The van der Waals surface area contributed by atoms with Gasteiger partial charge in [-0.3, -0.25) is 4.98 Å². The molecule has 0 radical (unpaired) electrons. The highest BCUT2D eigenvalue weighted by Gasteiger charge is 2.24. The maximum absolute atomic E-state index is 12.5. The van der Waals surface area contributed by atoms with E-state index in [4.69, 9.17) is 16.3 Å². The number of hydrogen-bond acceptors (Lipinski definition) is 3. The summed E-state index contributed by atoms with van der Waals surface area (Å²) in [5.41, 5.74) is 2.11. The van der Waals surface area contributed by atoms with Crippen molar-refractivity contribution >= 4 is 17.6 Å². The molecule has 138 valence electrons. The molecule has 0 aliphatic carbocycles. The molecule has 3 rings (SSSR count). The second-order valence-electron chi connectivity index (χ2n) is 6.58. The van der Waals surface area contributed by atoms with E-state index < -0.39 is 0 Å². The third-order valence-corrected chi connectivity index (χ3v) is 4.90. The van der Waals surface area contributed by atoms with E-state index in [1.54, 1.807) is 6.20 Å². The lowest BCUT2D eigenvalue weighted by Gasteiger charge is -2.32. The Morgan fingerprint density at radius 1 is 1.31 bits per heavy atom. The zero-order chi connectivity index (χ0) is 18.4. The third kappa shape index (κ3) is 5.19. The van der Waals surface area contributed by atoms with Crippen LogP contribution in [0.5, 0.6) is 0 Å². The predicted octanol–water partition coefficient (Wildman–Crippen LogP) is 4.19. The van der Waals surface area contributed by atoms with E-state index in [0.29, 0.717) is 24.7 Å². The summed E-state index contributed by atoms with van der Waals surface area (Å²) in [5.74, 6) is 0. The summed E-state index contributed by atoms with van der Waals surface area (Å²) >= 11 is 5.91. The molecule has 5 nitrogen and oxygen atoms in total. The monoisotopic (exact) mass is 373 g/mol. The number of ether oxygens (including phenoxy) is 1. The number of urea groups is 1. The van der Waals surface area contributed by atoms with E-state index in [2.05, 4.69) is 10.3 Å². The zero-order valence-electron chi connectivity index (χ0n) is 14.9. The predicted molar refractivity (Wildman–Crippen MR) is 102 cm³/mol. The average molecular weight is 374 g/mol. The van der Waals surface area contributed by atoms with Crippen LogP contribution >= 0.6 is 11.6 Å². The molecule has 1 N–H and O–H groups in total. The molecule has 2 heterocycles. The van der Waals surface area contributed by atoms with Gasteiger partial charge in [0, 0.05) is 30.5 Å². The standard InChI is InChI=1S/C20H24ClN3O2/c1-15(17-4-6-18(21)7-5-17)23-20(25)24-11-8-19(9-12-24)26-14-16-3-2-10-22-13-16/h2-7,10,13,15,19H,8-9,11-12,14H2,1H3,(H,23,25). The largest absolute Gasteiger partial charge is 0.373 e. The third-order valence-electron chi connectivity index (χ3n) is 4.65. The van der Waals surface area contributed by atoms with Crippen LogP contribution in [0.2, 0.25) is 5.02 Å². The van der Waals surface area contributed by atoms with Crippen LogP contribution in [-0.4, -0.2) is 35.1 Å². The van der Waals surface area contributed by atoms with Gasteiger partial charge in [-0.25, -0.2) is 4.79 Å². The van der Waals surface area contributed by atoms with Gasteiger partial charge in [-0.05, 0) is 49.1 Å². The van der Waals surface area contributed by atoms with E-state index in [1.165, 1.54) is 0 Å². The second-order valence-corrected chi connectivity index (χ2v) is 7.02. The van der Waals surface area contributed by atoms with Crippen molar-refractivity contribution in [2.24, 2.45) is 0 Å². The Morgan fingerprint density at radius 3 is 2.69 bits per heavy atom. The molecule has 1 aliphatic rings. The number of pyridine rings is 1. The van der Waals surface area contributed by atoms with Crippen LogP contribution in [0.1, 0.15) is 36.9 Å². The number of nitrogens with one attached hydrogen (secondary N) is 1. The fourth-order valence-corrected chi connectivity index (χ4v) is 3.16. The molecule has 1 fully saturated rings. The SMILES string of the molecule is CC(NC(=O)N1CCC(OCc2cccnc2)CC1)c1ccc(Cl)cc1. The van der Waals surface area contributed by atoms with Gasteiger partial charge in [-0.15, -0.1) is 0 Å². The highest BCUT2D eigenvalue weighted by Crippen LogP contribution is 2.19. The van der Waals surface area contributed by atoms with Gasteiger partial charge in [0.1, 0.15) is 0 Å². The fourth-order valence-electron chi connectivity index (χ4n) is 3.03. The summed E-state index contributed by atoms with van der Waals surface area (Å²) in [7, 11) is 0. The molecular weight excluding hydrogens is 350 g/mol. The number of hydrogen-bond donors (Lipinski definition) is 1. The zero-order valence-corrected chi connectivity index (χ0v) is 15.7. The molecule has 0 saturated carbocycles. The Labute approximate surface area is 159 Å². The Kier molecular flexibility index (Phi) is 6.47. The topological polar surface area (TPSA) is 54.5 Å². The minimum Gasteiger partial charge on any atom is -0.373 e. The normalized spacial score (nSPS) is 16.3. The van der Waals surface area contributed by atoms with Crippen LogP contribution < -0.4 is 5.32 Å². The van der Waals surface area contributed by atoms with Crippen molar-refractivity contribution in [3.05, 3.63) is 64.9 Å². The first-order valence-corrected chi connectivity index (χ1v) is 9.31. The Balaban J connectivity index is 1.42. The van der Waals surface area contributed by atoms with Crippen LogP contribution in [0.4, 0.5) is 4.79 Å². The van der Waals surface area contributed by atoms with Crippen molar-refractivity contribution in [1.82, 2.24) is 15.2 Å². The molecule has 2 amide bonds. The number of carbonyl (C=O) groups is 1. The van der Waals surface area contributed by atoms with Crippen molar-refractivity contribution in [3.63, 3.8) is 0 Å². The van der Waals surface area contributed by atoms with Gasteiger partial charge in [0.05, 0.1) is 18.8 Å². The number of rotatable bonds is 5. The van der Waals surface area contributed by atoms with Crippen molar-refractivity contribution in [2.45, 2.75) is 38.5 Å². The van der Waals surface area contributed by atoms with Crippen LogP contribution in [0.3, 0.4) is 0 Å². The van der Waals surface area contributed by atoms with Gasteiger partial charge < -0.3 is 15.0 Å². The van der Waals surface area contributed by atoms with Crippen molar-refractivity contribution in [3.8, 4) is 0 Å². The highest BCUT2D eigenvalue weighted by molar-refractivity contribution is 6.30. The first-order valence-electron chi connectivity index (χ1n) is 8.93. The minimum absolute atomic E-state index is 0.0295. The van der Waals surface area contributed by atoms with E-state index in [-0.39, 0.29) is 18.2 Å². The first kappa shape index (κ1) is 18.7. The summed E-state index contributed by atoms with van der Waals surface area (Å²) in [6.07, 6.45) is 5.46. The molecule has 2 aromatic rings. The summed E-state index contributed by atoms with van der Waals surface area (Å²) in [6, 6.07) is 11.4. The summed E-state index contributed by atoms with van der Waals surface area (Å²) < 4.78 is 5.95. The van der Waals surface area contributed by atoms with Crippen molar-refractivity contribution in [1.29, 1.82) is 0 Å². The summed E-state index contributed by atoms with van der Waals surface area (Å²) in [5, 5.41) is 3.75. The van der Waals surface area contributed by atoms with Crippen molar-refractivity contribution in [2.75, 3.05) is 13.1 Å². The molecule has 1 aromatic heterocycles. The molecule has 26 heavy (non-hydrogen) atoms. The Bertz CT molecular complexity index is 701. The molecule has 1 atom stereocenters. The number of halogens is 1. The van der Waals surface area contributed by atoms with E-state index >= 15 is 0 Å². The smallest absolute Gasteiger partial charge is 0.317 e. The summed E-state index contributed by atoms with van der Waals surface area (Å²) in [6.45, 7) is 3.96. The number of carbonyl (C=O) groups excluding carboxylic acids is 1. The molecule has 0 bridgehead atoms. The fraction of sp³-hybridized carbons (Fsp3) is 0.400. The Hall–Kier alpha value is -2.11. The van der Waals surface area contributed by atoms with Crippen LogP contribution in [0.15, 0.2) is 48.8 Å². The van der Waals surface area contributed by atoms with E-state index in [0.717, 1.165) is 24.0 Å². The van der Waals surface area contributed by atoms with Crippen LogP contribution in [0, 0.1) is 0 Å².